The van der Waals surface area contributed by atoms with Crippen LogP contribution in [0.1, 0.15) is 84.0 Å². The maximum Gasteiger partial charge on any atom is 0.131 e. The largest absolute Gasteiger partial charge is 0.244 e. The summed E-state index contributed by atoms with van der Waals surface area (Å²) in [5.41, 5.74) is 0. The zero-order chi connectivity index (χ0) is 15.5. The van der Waals surface area contributed by atoms with E-state index in [9.17, 15) is 8.78 Å². The Labute approximate surface area is 135 Å². The first-order chi connectivity index (χ1) is 10.6. The predicted octanol–water partition coefficient (Wildman–Crippen LogP) is 6.49. The molecular weight excluding hydrogens is 278 g/mol. The molecule has 0 nitrogen and oxygen atoms in total. The molecule has 0 aromatic heterocycles. The average Bonchev–Trinajstić information content (AvgIpc) is 2.77. The number of alkyl halides is 2. The van der Waals surface area contributed by atoms with Crippen molar-refractivity contribution in [3.05, 3.63) is 0 Å². The van der Waals surface area contributed by atoms with Crippen LogP contribution in [0.15, 0.2) is 0 Å². The zero-order valence-electron chi connectivity index (χ0n) is 14.3. The summed E-state index contributed by atoms with van der Waals surface area (Å²) in [5, 5.41) is 0. The minimum Gasteiger partial charge on any atom is -0.244 e. The lowest BCUT2D eigenvalue weighted by Crippen LogP contribution is -2.31. The molecule has 3 aliphatic rings. The van der Waals surface area contributed by atoms with Crippen molar-refractivity contribution >= 4 is 0 Å². The summed E-state index contributed by atoms with van der Waals surface area (Å²) in [7, 11) is 0. The van der Waals surface area contributed by atoms with Gasteiger partial charge in [-0.25, -0.2) is 8.78 Å². The molecule has 0 saturated heterocycles. The molecule has 0 radical (unpaired) electrons. The van der Waals surface area contributed by atoms with E-state index in [0.717, 1.165) is 24.2 Å². The van der Waals surface area contributed by atoms with Gasteiger partial charge in [0.1, 0.15) is 12.3 Å². The predicted molar refractivity (Wildman–Crippen MR) is 88.3 cm³/mol. The Bertz CT molecular complexity index is 335. The Morgan fingerprint density at radius 1 is 0.545 bits per heavy atom. The Balaban J connectivity index is 1.49. The average molecular weight is 312 g/mol. The minimum atomic E-state index is -1.18. The fourth-order valence-corrected chi connectivity index (χ4v) is 5.60. The van der Waals surface area contributed by atoms with Gasteiger partial charge in [0.2, 0.25) is 0 Å². The monoisotopic (exact) mass is 312 g/mol. The minimum absolute atomic E-state index is 0.465. The van der Waals surface area contributed by atoms with Gasteiger partial charge >= 0.3 is 0 Å². The number of rotatable bonds is 2. The Hall–Kier alpha value is -0.140. The van der Waals surface area contributed by atoms with Gasteiger partial charge in [0, 0.05) is 0 Å². The molecule has 3 saturated carbocycles. The van der Waals surface area contributed by atoms with Gasteiger partial charge in [-0.1, -0.05) is 39.0 Å². The zero-order valence-corrected chi connectivity index (χ0v) is 14.3. The van der Waals surface area contributed by atoms with E-state index in [4.69, 9.17) is 0 Å². The second-order valence-corrected chi connectivity index (χ2v) is 8.65. The fraction of sp³-hybridized carbons (Fsp3) is 1.00. The van der Waals surface area contributed by atoms with Crippen LogP contribution in [0.2, 0.25) is 0 Å². The summed E-state index contributed by atoms with van der Waals surface area (Å²) in [4.78, 5) is 0. The molecule has 3 aliphatic carbocycles. The lowest BCUT2D eigenvalue weighted by molar-refractivity contribution is 0.0643. The van der Waals surface area contributed by atoms with Crippen molar-refractivity contribution in [3.8, 4) is 0 Å². The molecule has 128 valence electrons. The highest BCUT2D eigenvalue weighted by atomic mass is 19.2. The third kappa shape index (κ3) is 4.03. The van der Waals surface area contributed by atoms with Crippen LogP contribution < -0.4 is 0 Å². The van der Waals surface area contributed by atoms with Crippen LogP contribution in [0.5, 0.6) is 0 Å². The van der Waals surface area contributed by atoms with Crippen LogP contribution in [-0.4, -0.2) is 12.3 Å². The molecule has 5 unspecified atom stereocenters. The summed E-state index contributed by atoms with van der Waals surface area (Å²) in [6, 6.07) is 0. The maximum atomic E-state index is 13.7. The molecule has 0 aromatic carbocycles. The van der Waals surface area contributed by atoms with Crippen molar-refractivity contribution in [2.75, 3.05) is 0 Å². The molecule has 0 aliphatic heterocycles. The molecule has 0 heterocycles. The van der Waals surface area contributed by atoms with Gasteiger partial charge in [-0.3, -0.25) is 0 Å². The van der Waals surface area contributed by atoms with E-state index in [-0.39, 0.29) is 0 Å². The van der Waals surface area contributed by atoms with Crippen LogP contribution in [0.3, 0.4) is 0 Å². The highest BCUT2D eigenvalue weighted by molar-refractivity contribution is 4.86. The molecule has 0 bridgehead atoms. The molecule has 3 rings (SSSR count). The summed E-state index contributed by atoms with van der Waals surface area (Å²) in [6.45, 7) is 2.40. The van der Waals surface area contributed by atoms with Gasteiger partial charge in [-0.2, -0.15) is 0 Å². The number of halogens is 2. The number of hydrogen-bond donors (Lipinski definition) is 0. The van der Waals surface area contributed by atoms with Crippen LogP contribution in [0, 0.1) is 29.6 Å². The van der Waals surface area contributed by atoms with E-state index in [1.807, 2.05) is 0 Å². The Morgan fingerprint density at radius 3 is 1.68 bits per heavy atom. The van der Waals surface area contributed by atoms with Gasteiger partial charge in [0.05, 0.1) is 0 Å². The second-order valence-electron chi connectivity index (χ2n) is 8.65. The first-order valence-electron chi connectivity index (χ1n) is 9.91. The van der Waals surface area contributed by atoms with Crippen LogP contribution in [0.4, 0.5) is 8.78 Å². The first-order valence-corrected chi connectivity index (χ1v) is 9.91. The van der Waals surface area contributed by atoms with Gasteiger partial charge in [-0.05, 0) is 74.5 Å². The third-order valence-corrected chi connectivity index (χ3v) is 7.19. The highest BCUT2D eigenvalue weighted by Gasteiger charge is 2.36. The molecular formula is C20H34F2. The molecule has 3 fully saturated rings. The van der Waals surface area contributed by atoms with E-state index < -0.39 is 12.3 Å². The topological polar surface area (TPSA) is 0 Å². The molecule has 2 heteroatoms. The standard InChI is InChI=1S/C20H34F2/c1-14-5-7-17(8-6-14)15-3-2-4-16(10-9-15)18-11-12-19(21)20(22)13-18/h14-20H,2-13H2,1H3. The fourth-order valence-electron chi connectivity index (χ4n) is 5.60. The van der Waals surface area contributed by atoms with E-state index in [1.165, 1.54) is 57.8 Å². The van der Waals surface area contributed by atoms with Crippen LogP contribution in [0.25, 0.3) is 0 Å². The molecule has 22 heavy (non-hydrogen) atoms. The quantitative estimate of drug-likeness (QED) is 0.511. The van der Waals surface area contributed by atoms with Crippen LogP contribution >= 0.6 is 0 Å². The van der Waals surface area contributed by atoms with E-state index >= 15 is 0 Å². The smallest absolute Gasteiger partial charge is 0.131 e. The maximum absolute atomic E-state index is 13.7. The van der Waals surface area contributed by atoms with Gasteiger partial charge in [-0.15, -0.1) is 0 Å². The molecule has 0 spiro atoms. The van der Waals surface area contributed by atoms with E-state index in [1.54, 1.807) is 0 Å². The highest BCUT2D eigenvalue weighted by Crippen LogP contribution is 2.44. The Morgan fingerprint density at radius 2 is 1.05 bits per heavy atom. The van der Waals surface area contributed by atoms with Gasteiger partial charge < -0.3 is 0 Å². The summed E-state index contributed by atoms with van der Waals surface area (Å²) in [6.07, 6.45) is 11.9. The van der Waals surface area contributed by atoms with E-state index in [0.29, 0.717) is 24.7 Å². The third-order valence-electron chi connectivity index (χ3n) is 7.19. The van der Waals surface area contributed by atoms with Crippen molar-refractivity contribution < 1.29 is 8.78 Å². The molecule has 0 amide bonds. The summed E-state index contributed by atoms with van der Waals surface area (Å²) < 4.78 is 27.1. The van der Waals surface area contributed by atoms with Crippen molar-refractivity contribution in [3.63, 3.8) is 0 Å². The number of hydrogen-bond acceptors (Lipinski definition) is 0. The molecule has 0 aromatic rings. The SMILES string of the molecule is CC1CCC(C2CCCC(C3CCC(F)C(F)C3)CC2)CC1. The van der Waals surface area contributed by atoms with Gasteiger partial charge in [0.15, 0.2) is 0 Å². The lowest BCUT2D eigenvalue weighted by Gasteiger charge is -2.34. The summed E-state index contributed by atoms with van der Waals surface area (Å²) >= 11 is 0. The van der Waals surface area contributed by atoms with Crippen molar-refractivity contribution in [1.29, 1.82) is 0 Å². The van der Waals surface area contributed by atoms with E-state index in [2.05, 4.69) is 6.92 Å². The Kier molecular flexibility index (Phi) is 5.79. The normalized spacial score (nSPS) is 47.9. The van der Waals surface area contributed by atoms with Crippen molar-refractivity contribution in [2.45, 2.75) is 96.3 Å². The molecule has 5 atom stereocenters. The van der Waals surface area contributed by atoms with Crippen molar-refractivity contribution in [2.24, 2.45) is 29.6 Å². The lowest BCUT2D eigenvalue weighted by atomic mass is 9.73. The van der Waals surface area contributed by atoms with Crippen molar-refractivity contribution in [1.82, 2.24) is 0 Å². The summed E-state index contributed by atoms with van der Waals surface area (Å²) in [5.74, 6) is 3.97. The van der Waals surface area contributed by atoms with Crippen LogP contribution in [-0.2, 0) is 0 Å². The molecule has 0 N–H and O–H groups in total. The first kappa shape index (κ1) is 16.7. The van der Waals surface area contributed by atoms with Gasteiger partial charge in [0.25, 0.3) is 0 Å². The second kappa shape index (κ2) is 7.62.